The second-order valence-corrected chi connectivity index (χ2v) is 14.0. The maximum absolute atomic E-state index is 5.21. The van der Waals surface area contributed by atoms with Crippen LogP contribution < -0.4 is 0 Å². The smallest absolute Gasteiger partial charge is 0.0709 e. The van der Waals surface area contributed by atoms with E-state index in [1.165, 1.54) is 33.4 Å². The molecule has 0 saturated carbocycles. The fourth-order valence-electron chi connectivity index (χ4n) is 4.04. The number of aromatic nitrogens is 1. The number of pyridine rings is 1. The van der Waals surface area contributed by atoms with E-state index in [1.807, 2.05) is 0 Å². The highest BCUT2D eigenvalue weighted by molar-refractivity contribution is 5.69. The first kappa shape index (κ1) is 26.2. The van der Waals surface area contributed by atoms with E-state index in [2.05, 4.69) is 138 Å². The molecule has 0 aliphatic heterocycles. The molecule has 0 radical (unpaired) electrons. The highest BCUT2D eigenvalue weighted by Gasteiger charge is 2.23. The number of benzene rings is 2. The fourth-order valence-corrected chi connectivity index (χ4v) is 4.04. The molecule has 0 spiro atoms. The molecule has 0 fully saturated rings. The second kappa shape index (κ2) is 8.67. The standard InChI is InChI=1S/C33H45N/c1-30(2,3)24-16-22(17-25(20-24)31(4,5)6)28-14-13-15-29(34-28)23-18-26(32(7,8)9)21-27(19-23)33(10,11)12/h13-21H,1-12H3. The molecule has 3 aromatic rings. The van der Waals surface area contributed by atoms with Crippen LogP contribution in [0.5, 0.6) is 0 Å². The van der Waals surface area contributed by atoms with Crippen LogP contribution in [0.15, 0.2) is 54.6 Å². The monoisotopic (exact) mass is 455 g/mol. The van der Waals surface area contributed by atoms with Crippen LogP contribution in [0.4, 0.5) is 0 Å². The van der Waals surface area contributed by atoms with Gasteiger partial charge in [-0.15, -0.1) is 0 Å². The summed E-state index contributed by atoms with van der Waals surface area (Å²) in [5.41, 5.74) is 10.2. The Hall–Kier alpha value is -2.41. The Morgan fingerprint density at radius 3 is 0.912 bits per heavy atom. The van der Waals surface area contributed by atoms with Crippen molar-refractivity contribution in [3.8, 4) is 22.5 Å². The van der Waals surface area contributed by atoms with E-state index in [4.69, 9.17) is 4.98 Å². The van der Waals surface area contributed by atoms with E-state index in [-0.39, 0.29) is 21.7 Å². The van der Waals surface area contributed by atoms with Crippen LogP contribution in [0.3, 0.4) is 0 Å². The maximum atomic E-state index is 5.21. The van der Waals surface area contributed by atoms with Gasteiger partial charge in [-0.3, -0.25) is 0 Å². The lowest BCUT2D eigenvalue weighted by atomic mass is 9.79. The lowest BCUT2D eigenvalue weighted by molar-refractivity contribution is 0.568. The van der Waals surface area contributed by atoms with Crippen LogP contribution in [-0.4, -0.2) is 4.98 Å². The summed E-state index contributed by atoms with van der Waals surface area (Å²) >= 11 is 0. The lowest BCUT2D eigenvalue weighted by Crippen LogP contribution is -2.17. The summed E-state index contributed by atoms with van der Waals surface area (Å²) in [6.07, 6.45) is 0. The van der Waals surface area contributed by atoms with Crippen molar-refractivity contribution >= 4 is 0 Å². The Morgan fingerprint density at radius 2 is 0.676 bits per heavy atom. The fraction of sp³-hybridized carbons (Fsp3) is 0.485. The largest absolute Gasteiger partial charge is 0.248 e. The molecular formula is C33H45N. The normalized spacial score (nSPS) is 13.3. The van der Waals surface area contributed by atoms with Gasteiger partial charge in [-0.1, -0.05) is 101 Å². The van der Waals surface area contributed by atoms with E-state index in [9.17, 15) is 0 Å². The van der Waals surface area contributed by atoms with Gasteiger partial charge < -0.3 is 0 Å². The van der Waals surface area contributed by atoms with Crippen LogP contribution in [-0.2, 0) is 21.7 Å². The number of hydrogen-bond donors (Lipinski definition) is 0. The molecule has 182 valence electrons. The molecule has 34 heavy (non-hydrogen) atoms. The van der Waals surface area contributed by atoms with Crippen molar-refractivity contribution in [1.82, 2.24) is 4.98 Å². The summed E-state index contributed by atoms with van der Waals surface area (Å²) in [5, 5.41) is 0. The maximum Gasteiger partial charge on any atom is 0.0709 e. The van der Waals surface area contributed by atoms with Crippen molar-refractivity contribution in [2.24, 2.45) is 0 Å². The Morgan fingerprint density at radius 1 is 0.412 bits per heavy atom. The Labute approximate surface area is 209 Å². The minimum Gasteiger partial charge on any atom is -0.248 e. The zero-order chi connectivity index (χ0) is 25.7. The van der Waals surface area contributed by atoms with Gasteiger partial charge in [-0.25, -0.2) is 4.98 Å². The van der Waals surface area contributed by atoms with Crippen molar-refractivity contribution in [1.29, 1.82) is 0 Å². The molecule has 0 unspecified atom stereocenters. The highest BCUT2D eigenvalue weighted by atomic mass is 14.7. The first-order valence-corrected chi connectivity index (χ1v) is 12.7. The number of nitrogens with zero attached hydrogens (tertiary/aromatic N) is 1. The average molecular weight is 456 g/mol. The molecule has 1 heteroatoms. The molecule has 0 saturated heterocycles. The summed E-state index contributed by atoms with van der Waals surface area (Å²) < 4.78 is 0. The summed E-state index contributed by atoms with van der Waals surface area (Å²) in [4.78, 5) is 5.21. The number of hydrogen-bond acceptors (Lipinski definition) is 1. The van der Waals surface area contributed by atoms with E-state index in [0.29, 0.717) is 0 Å². The minimum absolute atomic E-state index is 0.0796. The van der Waals surface area contributed by atoms with Gasteiger partial charge >= 0.3 is 0 Å². The van der Waals surface area contributed by atoms with Gasteiger partial charge in [0.1, 0.15) is 0 Å². The third kappa shape index (κ3) is 5.98. The average Bonchev–Trinajstić information content (AvgIpc) is 2.70. The van der Waals surface area contributed by atoms with Crippen molar-refractivity contribution < 1.29 is 0 Å². The first-order valence-electron chi connectivity index (χ1n) is 12.7. The molecule has 1 heterocycles. The Balaban J connectivity index is 2.21. The molecule has 0 atom stereocenters. The van der Waals surface area contributed by atoms with Crippen LogP contribution in [0.2, 0.25) is 0 Å². The molecule has 3 rings (SSSR count). The summed E-state index contributed by atoms with van der Waals surface area (Å²) in [5.74, 6) is 0. The SMILES string of the molecule is CC(C)(C)c1cc(-c2cccc(-c3cc(C(C)(C)C)cc(C(C)(C)C)c3)n2)cc(C(C)(C)C)c1. The van der Waals surface area contributed by atoms with E-state index in [0.717, 1.165) is 11.4 Å². The zero-order valence-electron chi connectivity index (χ0n) is 23.6. The summed E-state index contributed by atoms with van der Waals surface area (Å²) in [7, 11) is 0. The van der Waals surface area contributed by atoms with Gasteiger partial charge in [0, 0.05) is 11.1 Å². The van der Waals surface area contributed by atoms with Crippen molar-refractivity contribution in [3.63, 3.8) is 0 Å². The van der Waals surface area contributed by atoms with E-state index < -0.39 is 0 Å². The second-order valence-electron chi connectivity index (χ2n) is 14.0. The van der Waals surface area contributed by atoms with Crippen molar-refractivity contribution in [2.75, 3.05) is 0 Å². The topological polar surface area (TPSA) is 12.9 Å². The van der Waals surface area contributed by atoms with Gasteiger partial charge in [0.2, 0.25) is 0 Å². The summed E-state index contributed by atoms with van der Waals surface area (Å²) in [6, 6.07) is 20.5. The van der Waals surface area contributed by atoms with Crippen molar-refractivity contribution in [3.05, 3.63) is 76.9 Å². The molecule has 0 aliphatic rings. The molecule has 1 nitrogen and oxygen atoms in total. The minimum atomic E-state index is 0.0796. The van der Waals surface area contributed by atoms with Gasteiger partial charge in [0.25, 0.3) is 0 Å². The molecule has 0 aliphatic carbocycles. The molecule has 1 aromatic heterocycles. The van der Waals surface area contributed by atoms with Crippen LogP contribution in [0.1, 0.15) is 105 Å². The van der Waals surface area contributed by atoms with Crippen LogP contribution >= 0.6 is 0 Å². The predicted molar refractivity (Wildman–Crippen MR) is 150 cm³/mol. The first-order chi connectivity index (χ1) is 15.4. The summed E-state index contributed by atoms with van der Waals surface area (Å²) in [6.45, 7) is 27.4. The van der Waals surface area contributed by atoms with Gasteiger partial charge in [0.05, 0.1) is 11.4 Å². The zero-order valence-corrected chi connectivity index (χ0v) is 23.6. The third-order valence-corrected chi connectivity index (χ3v) is 6.67. The molecule has 2 aromatic carbocycles. The van der Waals surface area contributed by atoms with Gasteiger partial charge in [-0.05, 0) is 80.3 Å². The van der Waals surface area contributed by atoms with E-state index >= 15 is 0 Å². The van der Waals surface area contributed by atoms with Gasteiger partial charge in [0.15, 0.2) is 0 Å². The Bertz CT molecular complexity index is 1010. The van der Waals surface area contributed by atoms with Crippen LogP contribution in [0, 0.1) is 0 Å². The quantitative estimate of drug-likeness (QED) is 0.375. The lowest BCUT2D eigenvalue weighted by Gasteiger charge is -2.26. The predicted octanol–water partition coefficient (Wildman–Crippen LogP) is 9.61. The third-order valence-electron chi connectivity index (χ3n) is 6.67. The highest BCUT2D eigenvalue weighted by Crippen LogP contribution is 2.36. The number of rotatable bonds is 2. The molecular weight excluding hydrogens is 410 g/mol. The van der Waals surface area contributed by atoms with E-state index in [1.54, 1.807) is 0 Å². The molecule has 0 amide bonds. The van der Waals surface area contributed by atoms with Crippen LogP contribution in [0.25, 0.3) is 22.5 Å². The molecule has 0 bridgehead atoms. The van der Waals surface area contributed by atoms with Crippen molar-refractivity contribution in [2.45, 2.75) is 105 Å². The molecule has 0 N–H and O–H groups in total. The Kier molecular flexibility index (Phi) is 6.68. The van der Waals surface area contributed by atoms with Gasteiger partial charge in [-0.2, -0.15) is 0 Å².